The molecule has 1 rings (SSSR count). The summed E-state index contributed by atoms with van der Waals surface area (Å²) in [5.74, 6) is 0. The Hall–Kier alpha value is -0.160. The Morgan fingerprint density at radius 1 is 1.50 bits per heavy atom. The summed E-state index contributed by atoms with van der Waals surface area (Å²) in [6.07, 6.45) is -2.58. The molecule has 0 saturated carbocycles. The SMILES string of the molecule is CC(C)n1nc(C(F)F)c(CBr)c1Cl. The molecule has 0 saturated heterocycles. The summed E-state index contributed by atoms with van der Waals surface area (Å²) < 4.78 is 26.4. The Labute approximate surface area is 94.4 Å². The van der Waals surface area contributed by atoms with Crippen molar-refractivity contribution < 1.29 is 8.78 Å². The highest BCUT2D eigenvalue weighted by atomic mass is 79.9. The Kier molecular flexibility index (Phi) is 3.89. The van der Waals surface area contributed by atoms with Crippen molar-refractivity contribution >= 4 is 27.5 Å². The van der Waals surface area contributed by atoms with E-state index in [0.717, 1.165) is 0 Å². The number of hydrogen-bond acceptors (Lipinski definition) is 1. The van der Waals surface area contributed by atoms with Crippen LogP contribution in [0.3, 0.4) is 0 Å². The third-order valence-electron chi connectivity index (χ3n) is 1.80. The third-order valence-corrected chi connectivity index (χ3v) is 2.77. The van der Waals surface area contributed by atoms with Crippen molar-refractivity contribution in [1.82, 2.24) is 9.78 Å². The topological polar surface area (TPSA) is 17.8 Å². The predicted octanol–water partition coefficient (Wildman–Crippen LogP) is 3.95. The lowest BCUT2D eigenvalue weighted by molar-refractivity contribution is 0.144. The molecular weight excluding hydrogens is 277 g/mol. The second-order valence-corrected chi connectivity index (χ2v) is 4.05. The molecule has 0 aliphatic carbocycles. The van der Waals surface area contributed by atoms with Gasteiger partial charge in [0.05, 0.1) is 0 Å². The average molecular weight is 288 g/mol. The molecule has 2 nitrogen and oxygen atoms in total. The van der Waals surface area contributed by atoms with E-state index in [1.807, 2.05) is 13.8 Å². The summed E-state index contributed by atoms with van der Waals surface area (Å²) in [4.78, 5) is 0. The van der Waals surface area contributed by atoms with E-state index in [1.165, 1.54) is 4.68 Å². The van der Waals surface area contributed by atoms with Crippen LogP contribution in [-0.2, 0) is 5.33 Å². The van der Waals surface area contributed by atoms with Crippen LogP contribution in [0.2, 0.25) is 5.15 Å². The molecule has 1 aromatic rings. The van der Waals surface area contributed by atoms with Crippen LogP contribution in [0.15, 0.2) is 0 Å². The first-order valence-corrected chi connectivity index (χ1v) is 5.59. The number of hydrogen-bond donors (Lipinski definition) is 0. The van der Waals surface area contributed by atoms with Gasteiger partial charge in [-0.3, -0.25) is 4.68 Å². The van der Waals surface area contributed by atoms with Crippen LogP contribution in [-0.4, -0.2) is 9.78 Å². The fraction of sp³-hybridized carbons (Fsp3) is 0.625. The summed E-state index contributed by atoms with van der Waals surface area (Å²) in [5.41, 5.74) is 0.135. The Bertz CT molecular complexity index is 325. The van der Waals surface area contributed by atoms with Gasteiger partial charge in [-0.1, -0.05) is 27.5 Å². The second kappa shape index (κ2) is 4.57. The van der Waals surface area contributed by atoms with Gasteiger partial charge in [-0.2, -0.15) is 5.10 Å². The molecular formula is C8H10BrClF2N2. The van der Waals surface area contributed by atoms with E-state index in [2.05, 4.69) is 21.0 Å². The molecule has 0 amide bonds. The highest BCUT2D eigenvalue weighted by molar-refractivity contribution is 9.08. The van der Waals surface area contributed by atoms with Crippen molar-refractivity contribution in [3.05, 3.63) is 16.4 Å². The maximum atomic E-state index is 12.5. The summed E-state index contributed by atoms with van der Waals surface area (Å²) in [6.45, 7) is 3.68. The standard InChI is InChI=1S/C8H10BrClF2N2/c1-4(2)14-7(10)5(3-9)6(13-14)8(11)12/h4,8H,3H2,1-2H3. The molecule has 0 atom stereocenters. The van der Waals surface area contributed by atoms with Gasteiger partial charge in [0.15, 0.2) is 0 Å². The summed E-state index contributed by atoms with van der Waals surface area (Å²) in [5, 5.41) is 4.36. The van der Waals surface area contributed by atoms with Gasteiger partial charge in [0, 0.05) is 16.9 Å². The van der Waals surface area contributed by atoms with E-state index in [9.17, 15) is 8.78 Å². The van der Waals surface area contributed by atoms with Gasteiger partial charge < -0.3 is 0 Å². The smallest absolute Gasteiger partial charge is 0.251 e. The first-order valence-electron chi connectivity index (χ1n) is 4.10. The van der Waals surface area contributed by atoms with Gasteiger partial charge in [0.25, 0.3) is 6.43 Å². The average Bonchev–Trinajstić information content (AvgIpc) is 2.42. The zero-order chi connectivity index (χ0) is 10.9. The lowest BCUT2D eigenvalue weighted by Crippen LogP contribution is -2.03. The van der Waals surface area contributed by atoms with Gasteiger partial charge in [-0.15, -0.1) is 0 Å². The van der Waals surface area contributed by atoms with Gasteiger partial charge >= 0.3 is 0 Å². The first-order chi connectivity index (χ1) is 6.49. The molecule has 0 radical (unpaired) electrons. The van der Waals surface area contributed by atoms with E-state index in [0.29, 0.717) is 5.56 Å². The molecule has 0 aromatic carbocycles. The first kappa shape index (κ1) is 11.9. The van der Waals surface area contributed by atoms with Gasteiger partial charge in [-0.25, -0.2) is 8.78 Å². The molecule has 80 valence electrons. The van der Waals surface area contributed by atoms with Crippen molar-refractivity contribution in [2.75, 3.05) is 0 Å². The van der Waals surface area contributed by atoms with Crippen molar-refractivity contribution in [3.63, 3.8) is 0 Å². The lowest BCUT2D eigenvalue weighted by atomic mass is 10.3. The van der Waals surface area contributed by atoms with E-state index >= 15 is 0 Å². The molecule has 0 spiro atoms. The fourth-order valence-electron chi connectivity index (χ4n) is 1.11. The monoisotopic (exact) mass is 286 g/mol. The number of halogens is 4. The van der Waals surface area contributed by atoms with Crippen LogP contribution < -0.4 is 0 Å². The van der Waals surface area contributed by atoms with Crippen molar-refractivity contribution in [3.8, 4) is 0 Å². The number of alkyl halides is 3. The van der Waals surface area contributed by atoms with Crippen molar-refractivity contribution in [2.24, 2.45) is 0 Å². The minimum absolute atomic E-state index is 0.0206. The maximum Gasteiger partial charge on any atom is 0.282 e. The number of nitrogens with zero attached hydrogens (tertiary/aromatic N) is 2. The summed E-state index contributed by atoms with van der Waals surface area (Å²) in [7, 11) is 0. The summed E-state index contributed by atoms with van der Waals surface area (Å²) in [6, 6.07) is -0.0206. The van der Waals surface area contributed by atoms with Crippen LogP contribution in [0, 0.1) is 0 Å². The Morgan fingerprint density at radius 2 is 2.07 bits per heavy atom. The van der Waals surface area contributed by atoms with E-state index in [4.69, 9.17) is 11.6 Å². The molecule has 0 aliphatic rings. The maximum absolute atomic E-state index is 12.5. The lowest BCUT2D eigenvalue weighted by Gasteiger charge is -2.05. The molecule has 0 fully saturated rings. The molecule has 0 unspecified atom stereocenters. The van der Waals surface area contributed by atoms with Gasteiger partial charge in [-0.05, 0) is 13.8 Å². The molecule has 1 aromatic heterocycles. The highest BCUT2D eigenvalue weighted by Crippen LogP contribution is 2.31. The number of aromatic nitrogens is 2. The molecule has 0 bridgehead atoms. The summed E-state index contributed by atoms with van der Waals surface area (Å²) >= 11 is 9.02. The zero-order valence-corrected chi connectivity index (χ0v) is 10.1. The Morgan fingerprint density at radius 3 is 2.36 bits per heavy atom. The third kappa shape index (κ3) is 2.08. The quantitative estimate of drug-likeness (QED) is 0.770. The van der Waals surface area contributed by atoms with Crippen LogP contribution in [0.25, 0.3) is 0 Å². The molecule has 0 aliphatic heterocycles. The highest BCUT2D eigenvalue weighted by Gasteiger charge is 2.22. The van der Waals surface area contributed by atoms with Crippen LogP contribution >= 0.6 is 27.5 Å². The van der Waals surface area contributed by atoms with Crippen molar-refractivity contribution in [2.45, 2.75) is 31.6 Å². The van der Waals surface area contributed by atoms with Crippen LogP contribution in [0.5, 0.6) is 0 Å². The minimum Gasteiger partial charge on any atom is -0.251 e. The van der Waals surface area contributed by atoms with E-state index in [-0.39, 0.29) is 22.2 Å². The van der Waals surface area contributed by atoms with Crippen LogP contribution in [0.1, 0.15) is 37.6 Å². The van der Waals surface area contributed by atoms with Crippen LogP contribution in [0.4, 0.5) is 8.78 Å². The largest absolute Gasteiger partial charge is 0.282 e. The van der Waals surface area contributed by atoms with Gasteiger partial charge in [0.1, 0.15) is 10.8 Å². The Balaban J connectivity index is 3.24. The second-order valence-electron chi connectivity index (χ2n) is 3.13. The minimum atomic E-state index is -2.58. The molecule has 0 N–H and O–H groups in total. The van der Waals surface area contributed by atoms with E-state index in [1.54, 1.807) is 0 Å². The zero-order valence-electron chi connectivity index (χ0n) is 7.77. The molecule has 14 heavy (non-hydrogen) atoms. The normalized spacial score (nSPS) is 11.7. The fourth-order valence-corrected chi connectivity index (χ4v) is 2.22. The van der Waals surface area contributed by atoms with Crippen molar-refractivity contribution in [1.29, 1.82) is 0 Å². The number of rotatable bonds is 3. The van der Waals surface area contributed by atoms with E-state index < -0.39 is 6.43 Å². The molecule has 6 heteroatoms. The van der Waals surface area contributed by atoms with Gasteiger partial charge in [0.2, 0.25) is 0 Å². The predicted molar refractivity (Wildman–Crippen MR) is 55.2 cm³/mol. The molecule has 1 heterocycles.